The molecular formula is C31H25F3N2O6. The maximum Gasteiger partial charge on any atom is 0.328 e. The molecule has 4 aromatic rings. The number of carboxylic acid groups (broad SMARTS) is 1. The number of benzene rings is 3. The number of methoxy groups -OCH3 is 1. The number of hydrogen-bond donors (Lipinski definition) is 2. The molecule has 0 bridgehead atoms. The van der Waals surface area contributed by atoms with E-state index in [2.05, 4.69) is 10.3 Å². The van der Waals surface area contributed by atoms with Gasteiger partial charge in [-0.05, 0) is 36.2 Å². The number of halogens is 3. The fourth-order valence-corrected chi connectivity index (χ4v) is 4.47. The Kier molecular flexibility index (Phi) is 9.21. The highest BCUT2D eigenvalue weighted by molar-refractivity contribution is 6.22. The number of carboxylic acids is 1. The molecule has 0 spiro atoms. The second kappa shape index (κ2) is 13.0. The standard InChI is InChI=1S/C31H25F3N2O6/c1-17(25(18-9-5-3-6-10-18)19-11-7-4-8-12-19)42-31(40)26(30(38)39)27(37)21-16-23(34)29(41-2)36-28(21)35-24-14-13-20(32)15-22(24)33/h3-17,25-26H,1-2H3,(H,35,36)(H,38,39). The van der Waals surface area contributed by atoms with Crippen LogP contribution in [0.15, 0.2) is 84.9 Å². The van der Waals surface area contributed by atoms with E-state index in [1.54, 1.807) is 31.2 Å². The second-order valence-corrected chi connectivity index (χ2v) is 9.20. The van der Waals surface area contributed by atoms with Gasteiger partial charge in [0.05, 0.1) is 18.4 Å². The van der Waals surface area contributed by atoms with Gasteiger partial charge in [0.25, 0.3) is 5.88 Å². The minimum atomic E-state index is -2.42. The molecule has 42 heavy (non-hydrogen) atoms. The lowest BCUT2D eigenvalue weighted by Gasteiger charge is -2.26. The predicted molar refractivity (Wildman–Crippen MR) is 146 cm³/mol. The molecule has 11 heteroatoms. The third kappa shape index (κ3) is 6.57. The molecule has 216 valence electrons. The van der Waals surface area contributed by atoms with Gasteiger partial charge in [-0.2, -0.15) is 4.98 Å². The van der Waals surface area contributed by atoms with Gasteiger partial charge in [0.2, 0.25) is 5.92 Å². The summed E-state index contributed by atoms with van der Waals surface area (Å²) in [4.78, 5) is 42.8. The smallest absolute Gasteiger partial charge is 0.328 e. The molecule has 0 radical (unpaired) electrons. The summed E-state index contributed by atoms with van der Waals surface area (Å²) in [7, 11) is 1.09. The molecule has 2 N–H and O–H groups in total. The molecule has 2 unspecified atom stereocenters. The Balaban J connectivity index is 1.68. The first-order valence-corrected chi connectivity index (χ1v) is 12.6. The SMILES string of the molecule is COc1nc(Nc2ccc(F)cc2F)c(C(=O)C(C(=O)O)C(=O)OC(C)C(c2ccccc2)c2ccccc2)cc1F. The van der Waals surface area contributed by atoms with E-state index in [4.69, 9.17) is 9.47 Å². The van der Waals surface area contributed by atoms with Crippen molar-refractivity contribution < 1.29 is 42.1 Å². The lowest BCUT2D eigenvalue weighted by molar-refractivity contribution is -0.159. The third-order valence-electron chi connectivity index (χ3n) is 6.42. The topological polar surface area (TPSA) is 115 Å². The minimum absolute atomic E-state index is 0.358. The van der Waals surface area contributed by atoms with Gasteiger partial charge in [-0.1, -0.05) is 60.7 Å². The normalized spacial score (nSPS) is 12.3. The lowest BCUT2D eigenvalue weighted by Crippen LogP contribution is -2.37. The average molecular weight is 579 g/mol. The number of aliphatic carboxylic acids is 1. The fraction of sp³-hybridized carbons (Fsp3) is 0.161. The molecule has 0 saturated heterocycles. The molecule has 0 fully saturated rings. The zero-order valence-electron chi connectivity index (χ0n) is 22.4. The first kappa shape index (κ1) is 29.8. The number of Topliss-reactive ketones (excluding diaryl/α,β-unsaturated/α-hetero) is 1. The Morgan fingerprint density at radius 2 is 1.45 bits per heavy atom. The minimum Gasteiger partial charge on any atom is -0.480 e. The molecule has 2 atom stereocenters. The van der Waals surface area contributed by atoms with Crippen LogP contribution in [0, 0.1) is 23.4 Å². The molecule has 0 aliphatic carbocycles. The Hall–Kier alpha value is -5.19. The van der Waals surface area contributed by atoms with Crippen molar-refractivity contribution in [3.63, 3.8) is 0 Å². The second-order valence-electron chi connectivity index (χ2n) is 9.20. The fourth-order valence-electron chi connectivity index (χ4n) is 4.47. The van der Waals surface area contributed by atoms with Crippen molar-refractivity contribution in [1.82, 2.24) is 4.98 Å². The van der Waals surface area contributed by atoms with Gasteiger partial charge in [-0.15, -0.1) is 0 Å². The lowest BCUT2D eigenvalue weighted by atomic mass is 9.87. The molecule has 1 aromatic heterocycles. The summed E-state index contributed by atoms with van der Waals surface area (Å²) in [6, 6.07) is 21.2. The molecule has 0 aliphatic rings. The number of esters is 1. The van der Waals surface area contributed by atoms with Crippen LogP contribution in [-0.2, 0) is 14.3 Å². The van der Waals surface area contributed by atoms with Crippen LogP contribution in [0.25, 0.3) is 0 Å². The summed E-state index contributed by atoms with van der Waals surface area (Å²) in [6.07, 6.45) is -0.936. The summed E-state index contributed by atoms with van der Waals surface area (Å²) < 4.78 is 52.8. The Bertz CT molecular complexity index is 1560. The van der Waals surface area contributed by atoms with Crippen LogP contribution in [-0.4, -0.2) is 41.0 Å². The Morgan fingerprint density at radius 1 is 0.857 bits per heavy atom. The zero-order chi connectivity index (χ0) is 30.4. The summed E-state index contributed by atoms with van der Waals surface area (Å²) in [5, 5.41) is 12.3. The number of nitrogens with one attached hydrogen (secondary N) is 1. The molecule has 0 saturated carbocycles. The van der Waals surface area contributed by atoms with Crippen LogP contribution >= 0.6 is 0 Å². The molecular weight excluding hydrogens is 553 g/mol. The van der Waals surface area contributed by atoms with Crippen LogP contribution in [0.1, 0.15) is 34.3 Å². The number of carbonyl (C=O) groups is 3. The maximum absolute atomic E-state index is 14.7. The number of nitrogens with zero attached hydrogens (tertiary/aromatic N) is 1. The molecule has 0 amide bonds. The van der Waals surface area contributed by atoms with Gasteiger partial charge >= 0.3 is 11.9 Å². The number of hydrogen-bond acceptors (Lipinski definition) is 7. The summed E-state index contributed by atoms with van der Waals surface area (Å²) in [6.45, 7) is 1.56. The van der Waals surface area contributed by atoms with Crippen LogP contribution in [0.3, 0.4) is 0 Å². The largest absolute Gasteiger partial charge is 0.480 e. The Labute approximate surface area is 238 Å². The number of anilines is 2. The van der Waals surface area contributed by atoms with E-state index in [9.17, 15) is 32.7 Å². The number of rotatable bonds is 11. The van der Waals surface area contributed by atoms with E-state index in [-0.39, 0.29) is 5.69 Å². The van der Waals surface area contributed by atoms with E-state index in [0.29, 0.717) is 12.1 Å². The first-order chi connectivity index (χ1) is 20.1. The average Bonchev–Trinajstić information content (AvgIpc) is 2.96. The van der Waals surface area contributed by atoms with Crippen molar-refractivity contribution in [3.05, 3.63) is 119 Å². The molecule has 8 nitrogen and oxygen atoms in total. The first-order valence-electron chi connectivity index (χ1n) is 12.6. The van der Waals surface area contributed by atoms with E-state index >= 15 is 0 Å². The number of carbonyl (C=O) groups excluding carboxylic acids is 2. The van der Waals surface area contributed by atoms with E-state index in [1.807, 2.05) is 36.4 Å². The van der Waals surface area contributed by atoms with Crippen molar-refractivity contribution in [1.29, 1.82) is 0 Å². The van der Waals surface area contributed by atoms with Crippen LogP contribution < -0.4 is 10.1 Å². The van der Waals surface area contributed by atoms with Crippen LogP contribution in [0.2, 0.25) is 0 Å². The quantitative estimate of drug-likeness (QED) is 0.129. The van der Waals surface area contributed by atoms with E-state index < -0.39 is 70.4 Å². The van der Waals surface area contributed by atoms with Crippen molar-refractivity contribution in [2.24, 2.45) is 5.92 Å². The van der Waals surface area contributed by atoms with Gasteiger partial charge in [-0.3, -0.25) is 14.4 Å². The van der Waals surface area contributed by atoms with Gasteiger partial charge in [0.15, 0.2) is 11.6 Å². The van der Waals surface area contributed by atoms with Crippen LogP contribution in [0.4, 0.5) is 24.7 Å². The van der Waals surface area contributed by atoms with Gasteiger partial charge in [-0.25, -0.2) is 13.2 Å². The number of ketones is 1. The van der Waals surface area contributed by atoms with Crippen LogP contribution in [0.5, 0.6) is 5.88 Å². The molecule has 3 aromatic carbocycles. The van der Waals surface area contributed by atoms with Gasteiger partial charge in [0, 0.05) is 12.0 Å². The number of pyridine rings is 1. The highest BCUT2D eigenvalue weighted by Crippen LogP contribution is 2.32. The predicted octanol–water partition coefficient (Wildman–Crippen LogP) is 5.90. The van der Waals surface area contributed by atoms with E-state index in [0.717, 1.165) is 30.4 Å². The number of ether oxygens (including phenoxy) is 2. The van der Waals surface area contributed by atoms with Gasteiger partial charge < -0.3 is 19.9 Å². The highest BCUT2D eigenvalue weighted by Gasteiger charge is 2.40. The molecule has 1 heterocycles. The summed E-state index contributed by atoms with van der Waals surface area (Å²) in [5.74, 6) is -11.8. The van der Waals surface area contributed by atoms with Crippen molar-refractivity contribution >= 4 is 29.2 Å². The zero-order valence-corrected chi connectivity index (χ0v) is 22.4. The summed E-state index contributed by atoms with van der Waals surface area (Å²) in [5.41, 5.74) is 0.493. The van der Waals surface area contributed by atoms with Crippen molar-refractivity contribution in [3.8, 4) is 5.88 Å². The van der Waals surface area contributed by atoms with Gasteiger partial charge in [0.1, 0.15) is 23.6 Å². The summed E-state index contributed by atoms with van der Waals surface area (Å²) >= 11 is 0. The molecule has 0 aliphatic heterocycles. The maximum atomic E-state index is 14.7. The number of aromatic nitrogens is 1. The van der Waals surface area contributed by atoms with Crippen molar-refractivity contribution in [2.45, 2.75) is 18.9 Å². The molecule has 4 rings (SSSR count). The Morgan fingerprint density at radius 3 is 1.98 bits per heavy atom. The third-order valence-corrected chi connectivity index (χ3v) is 6.42. The van der Waals surface area contributed by atoms with E-state index in [1.165, 1.54) is 0 Å². The van der Waals surface area contributed by atoms with Crippen molar-refractivity contribution in [2.75, 3.05) is 12.4 Å². The monoisotopic (exact) mass is 578 g/mol. The highest BCUT2D eigenvalue weighted by atomic mass is 19.1.